The first-order chi connectivity index (χ1) is 10.7. The molecule has 2 aliphatic carbocycles. The second-order valence-electron chi connectivity index (χ2n) is 7.42. The second kappa shape index (κ2) is 7.69. The Morgan fingerprint density at radius 3 is 1.45 bits per heavy atom. The van der Waals surface area contributed by atoms with E-state index in [1.807, 2.05) is 0 Å². The zero-order valence-electron chi connectivity index (χ0n) is 13.8. The second-order valence-corrected chi connectivity index (χ2v) is 7.42. The average Bonchev–Trinajstić information content (AvgIpc) is 2.54. The van der Waals surface area contributed by atoms with E-state index in [2.05, 4.69) is 9.80 Å². The number of carbonyl (C=O) groups is 2. The highest BCUT2D eigenvalue weighted by Crippen LogP contribution is 2.24. The molecular weight excluding hydrogens is 276 g/mol. The molecule has 3 aliphatic rings. The van der Waals surface area contributed by atoms with E-state index < -0.39 is 0 Å². The smallest absolute Gasteiger partial charge is 0.137 e. The van der Waals surface area contributed by atoms with Crippen LogP contribution >= 0.6 is 0 Å². The van der Waals surface area contributed by atoms with Gasteiger partial charge in [0, 0.05) is 63.9 Å². The molecule has 22 heavy (non-hydrogen) atoms. The molecule has 3 rings (SSSR count). The molecule has 2 atom stereocenters. The van der Waals surface area contributed by atoms with Gasteiger partial charge in [-0.25, -0.2) is 0 Å². The fourth-order valence-corrected chi connectivity index (χ4v) is 4.27. The van der Waals surface area contributed by atoms with E-state index >= 15 is 0 Å². The summed E-state index contributed by atoms with van der Waals surface area (Å²) < 4.78 is 0. The van der Waals surface area contributed by atoms with Crippen molar-refractivity contribution < 1.29 is 9.59 Å². The monoisotopic (exact) mass is 306 g/mol. The van der Waals surface area contributed by atoms with Crippen LogP contribution in [0.1, 0.15) is 51.4 Å². The Hall–Kier alpha value is -0.740. The van der Waals surface area contributed by atoms with E-state index in [-0.39, 0.29) is 0 Å². The molecule has 1 heterocycles. The Kier molecular flexibility index (Phi) is 5.64. The van der Waals surface area contributed by atoms with Crippen LogP contribution in [0.15, 0.2) is 0 Å². The third-order valence-corrected chi connectivity index (χ3v) is 5.78. The van der Waals surface area contributed by atoms with Crippen LogP contribution in [0.3, 0.4) is 0 Å². The standard InChI is InChI=1S/C18H30N2O2/c21-17-7-3-1-5-15(17)13-19-9-11-20(12-10-19)14-16-6-2-4-8-18(16)22/h15-16H,1-14H2. The van der Waals surface area contributed by atoms with Crippen LogP contribution < -0.4 is 0 Å². The van der Waals surface area contributed by atoms with Gasteiger partial charge in [0.05, 0.1) is 0 Å². The van der Waals surface area contributed by atoms with Gasteiger partial charge in [0.2, 0.25) is 0 Å². The molecule has 4 heteroatoms. The molecule has 2 saturated carbocycles. The zero-order chi connectivity index (χ0) is 15.4. The first kappa shape index (κ1) is 16.1. The summed E-state index contributed by atoms with van der Waals surface area (Å²) in [5.74, 6) is 1.56. The third kappa shape index (κ3) is 4.17. The van der Waals surface area contributed by atoms with Crippen molar-refractivity contribution in [2.45, 2.75) is 51.4 Å². The molecule has 3 fully saturated rings. The zero-order valence-corrected chi connectivity index (χ0v) is 13.8. The summed E-state index contributed by atoms with van der Waals surface area (Å²) in [6.07, 6.45) is 8.42. The minimum atomic E-state index is 0.292. The lowest BCUT2D eigenvalue weighted by atomic mass is 9.87. The van der Waals surface area contributed by atoms with Crippen LogP contribution in [-0.2, 0) is 9.59 Å². The molecule has 2 unspecified atom stereocenters. The summed E-state index contributed by atoms with van der Waals surface area (Å²) in [6.45, 7) is 6.18. The molecule has 0 spiro atoms. The Labute approximate surface area is 134 Å². The molecule has 0 aromatic rings. The number of piperazine rings is 1. The Morgan fingerprint density at radius 1 is 0.682 bits per heavy atom. The van der Waals surface area contributed by atoms with E-state index in [9.17, 15) is 9.59 Å². The summed E-state index contributed by atoms with van der Waals surface area (Å²) in [4.78, 5) is 28.8. The van der Waals surface area contributed by atoms with Gasteiger partial charge in [-0.15, -0.1) is 0 Å². The van der Waals surface area contributed by atoms with E-state index in [0.717, 1.165) is 77.8 Å². The predicted molar refractivity (Wildman–Crippen MR) is 86.8 cm³/mol. The third-order valence-electron chi connectivity index (χ3n) is 5.78. The topological polar surface area (TPSA) is 40.6 Å². The molecule has 4 nitrogen and oxygen atoms in total. The lowest BCUT2D eigenvalue weighted by Crippen LogP contribution is -2.50. The number of ketones is 2. The maximum Gasteiger partial charge on any atom is 0.137 e. The number of rotatable bonds is 4. The van der Waals surface area contributed by atoms with E-state index in [1.54, 1.807) is 0 Å². The van der Waals surface area contributed by atoms with Crippen molar-refractivity contribution >= 4 is 11.6 Å². The van der Waals surface area contributed by atoms with Crippen LogP contribution in [0.5, 0.6) is 0 Å². The van der Waals surface area contributed by atoms with E-state index in [0.29, 0.717) is 23.4 Å². The van der Waals surface area contributed by atoms with Gasteiger partial charge in [0.15, 0.2) is 0 Å². The van der Waals surface area contributed by atoms with Crippen LogP contribution in [0, 0.1) is 11.8 Å². The van der Waals surface area contributed by atoms with Gasteiger partial charge >= 0.3 is 0 Å². The Bertz CT molecular complexity index is 364. The van der Waals surface area contributed by atoms with Crippen molar-refractivity contribution in [3.05, 3.63) is 0 Å². The largest absolute Gasteiger partial charge is 0.300 e. The number of nitrogens with zero attached hydrogens (tertiary/aromatic N) is 2. The summed E-state index contributed by atoms with van der Waals surface area (Å²) in [5, 5.41) is 0. The summed E-state index contributed by atoms with van der Waals surface area (Å²) in [7, 11) is 0. The average molecular weight is 306 g/mol. The normalized spacial score (nSPS) is 32.4. The molecule has 1 aliphatic heterocycles. The number of hydrogen-bond acceptors (Lipinski definition) is 4. The minimum absolute atomic E-state index is 0.292. The van der Waals surface area contributed by atoms with E-state index in [4.69, 9.17) is 0 Å². The number of carbonyl (C=O) groups excluding carboxylic acids is 2. The lowest BCUT2D eigenvalue weighted by Gasteiger charge is -2.38. The van der Waals surface area contributed by atoms with Gasteiger partial charge in [-0.2, -0.15) is 0 Å². The van der Waals surface area contributed by atoms with Crippen molar-refractivity contribution in [3.8, 4) is 0 Å². The maximum absolute atomic E-state index is 12.0. The molecular formula is C18H30N2O2. The molecule has 0 aromatic carbocycles. The van der Waals surface area contributed by atoms with Crippen molar-refractivity contribution in [2.24, 2.45) is 11.8 Å². The first-order valence-electron chi connectivity index (χ1n) is 9.22. The van der Waals surface area contributed by atoms with Crippen LogP contribution in [0.2, 0.25) is 0 Å². The summed E-state index contributed by atoms with van der Waals surface area (Å²) in [5.41, 5.74) is 0. The summed E-state index contributed by atoms with van der Waals surface area (Å²) in [6, 6.07) is 0. The van der Waals surface area contributed by atoms with Gasteiger partial charge in [0.25, 0.3) is 0 Å². The quantitative estimate of drug-likeness (QED) is 0.798. The Morgan fingerprint density at radius 2 is 1.09 bits per heavy atom. The van der Waals surface area contributed by atoms with Gasteiger partial charge in [-0.05, 0) is 25.7 Å². The highest BCUT2D eigenvalue weighted by atomic mass is 16.1. The molecule has 0 bridgehead atoms. The van der Waals surface area contributed by atoms with E-state index in [1.165, 1.54) is 12.8 Å². The van der Waals surface area contributed by atoms with Gasteiger partial charge in [0.1, 0.15) is 11.6 Å². The van der Waals surface area contributed by atoms with Gasteiger partial charge in [-0.1, -0.05) is 12.8 Å². The number of hydrogen-bond donors (Lipinski definition) is 0. The van der Waals surface area contributed by atoms with Crippen molar-refractivity contribution in [1.82, 2.24) is 9.80 Å². The van der Waals surface area contributed by atoms with Crippen molar-refractivity contribution in [2.75, 3.05) is 39.3 Å². The SMILES string of the molecule is O=C1CCCCC1CN1CCN(CC2CCCCC2=O)CC1. The van der Waals surface area contributed by atoms with Gasteiger partial charge in [-0.3, -0.25) is 9.59 Å². The highest BCUT2D eigenvalue weighted by Gasteiger charge is 2.28. The Balaban J connectivity index is 1.40. The van der Waals surface area contributed by atoms with Crippen LogP contribution in [-0.4, -0.2) is 60.6 Å². The minimum Gasteiger partial charge on any atom is -0.300 e. The molecule has 1 saturated heterocycles. The molecule has 124 valence electrons. The lowest BCUT2D eigenvalue weighted by molar-refractivity contribution is -0.126. The molecule has 0 radical (unpaired) electrons. The highest BCUT2D eigenvalue weighted by molar-refractivity contribution is 5.82. The molecule has 0 amide bonds. The molecule has 0 N–H and O–H groups in total. The molecule has 0 aromatic heterocycles. The predicted octanol–water partition coefficient (Wildman–Crippen LogP) is 2.12. The van der Waals surface area contributed by atoms with Crippen molar-refractivity contribution in [3.63, 3.8) is 0 Å². The van der Waals surface area contributed by atoms with Gasteiger partial charge < -0.3 is 9.80 Å². The fraction of sp³-hybridized carbons (Fsp3) is 0.889. The van der Waals surface area contributed by atoms with Crippen LogP contribution in [0.4, 0.5) is 0 Å². The fourth-order valence-electron chi connectivity index (χ4n) is 4.27. The van der Waals surface area contributed by atoms with Crippen LogP contribution in [0.25, 0.3) is 0 Å². The first-order valence-corrected chi connectivity index (χ1v) is 9.22. The maximum atomic E-state index is 12.0. The van der Waals surface area contributed by atoms with Crippen molar-refractivity contribution in [1.29, 1.82) is 0 Å². The summed E-state index contributed by atoms with van der Waals surface area (Å²) >= 11 is 0. The number of Topliss-reactive ketones (excluding diaryl/α,β-unsaturated/α-hetero) is 2.